The summed E-state index contributed by atoms with van der Waals surface area (Å²) in [5, 5.41) is 10.3. The molecule has 3 N–H and O–H groups in total. The Morgan fingerprint density at radius 2 is 1.79 bits per heavy atom. The zero-order valence-electron chi connectivity index (χ0n) is 16.6. The highest BCUT2D eigenvalue weighted by Crippen LogP contribution is 2.28. The molecule has 8 heteroatoms. The minimum absolute atomic E-state index is 0.314. The van der Waals surface area contributed by atoms with E-state index in [9.17, 15) is 14.7 Å². The van der Waals surface area contributed by atoms with Crippen LogP contribution >= 0.6 is 0 Å². The number of aromatic nitrogens is 2. The highest BCUT2D eigenvalue weighted by atomic mass is 16.4. The summed E-state index contributed by atoms with van der Waals surface area (Å²) in [6.07, 6.45) is 0. The Bertz CT molecular complexity index is 885. The molecule has 2 aromatic rings. The summed E-state index contributed by atoms with van der Waals surface area (Å²) in [5.74, 6) is -1.31. The topological polar surface area (TPSA) is 113 Å². The molecule has 8 nitrogen and oxygen atoms in total. The summed E-state index contributed by atoms with van der Waals surface area (Å²) in [7, 11) is 0. The molecule has 1 aromatic carbocycles. The number of nitrogens with two attached hydrogens (primary N) is 1. The monoisotopic (exact) mass is 385 g/mol. The van der Waals surface area contributed by atoms with Crippen molar-refractivity contribution in [2.45, 2.75) is 27.3 Å². The smallest absolute Gasteiger partial charge is 0.316 e. The number of carbonyl (C=O) groups is 2. The molecule has 0 saturated carbocycles. The van der Waals surface area contributed by atoms with Gasteiger partial charge in [-0.2, -0.15) is 0 Å². The molecule has 1 aliphatic rings. The molecule has 0 aliphatic carbocycles. The zero-order chi connectivity index (χ0) is 20.5. The van der Waals surface area contributed by atoms with E-state index in [2.05, 4.69) is 14.9 Å². The van der Waals surface area contributed by atoms with Gasteiger partial charge in [0.05, 0.1) is 12.1 Å². The number of carboxylic acids is 1. The lowest BCUT2D eigenvalue weighted by Gasteiger charge is -2.37. The van der Waals surface area contributed by atoms with Gasteiger partial charge >= 0.3 is 5.97 Å². The van der Waals surface area contributed by atoms with Gasteiger partial charge in [-0.25, -0.2) is 9.97 Å². The molecule has 1 unspecified atom stereocenters. The fourth-order valence-electron chi connectivity index (χ4n) is 3.58. The van der Waals surface area contributed by atoms with Gasteiger partial charge in [0.2, 0.25) is 5.91 Å². The Labute approximate surface area is 164 Å². The third-order valence-electron chi connectivity index (χ3n) is 5.09. The van der Waals surface area contributed by atoms with Crippen LogP contribution in [0.4, 0.5) is 5.82 Å². The lowest BCUT2D eigenvalue weighted by Crippen LogP contribution is -2.53. The number of anilines is 1. The van der Waals surface area contributed by atoms with Crippen LogP contribution in [0.3, 0.4) is 0 Å². The van der Waals surface area contributed by atoms with Crippen molar-refractivity contribution in [3.63, 3.8) is 0 Å². The number of para-hydroxylation sites is 1. The minimum Gasteiger partial charge on any atom is -0.481 e. The molecule has 0 spiro atoms. The first-order valence-electron chi connectivity index (χ1n) is 9.42. The van der Waals surface area contributed by atoms with Crippen LogP contribution in [-0.4, -0.2) is 62.9 Å². The molecule has 0 radical (unpaired) electrons. The second-order valence-corrected chi connectivity index (χ2v) is 8.28. The number of carboxylic acid groups (broad SMARTS) is 1. The van der Waals surface area contributed by atoms with Crippen molar-refractivity contribution in [2.75, 3.05) is 31.9 Å². The van der Waals surface area contributed by atoms with Gasteiger partial charge in [0.1, 0.15) is 17.6 Å². The van der Waals surface area contributed by atoms with Crippen molar-refractivity contribution in [3.05, 3.63) is 30.1 Å². The lowest BCUT2D eigenvalue weighted by molar-refractivity contribution is -0.157. The number of aliphatic carboxylic acids is 1. The lowest BCUT2D eigenvalue weighted by atomic mass is 9.79. The number of piperazine rings is 1. The largest absolute Gasteiger partial charge is 0.481 e. The van der Waals surface area contributed by atoms with Gasteiger partial charge in [-0.1, -0.05) is 32.9 Å². The molecule has 1 aliphatic heterocycles. The third-order valence-corrected chi connectivity index (χ3v) is 5.09. The SMILES string of the molecule is CC(C)(C)C(C(=O)O)C(=O)N1CCN(Cc2nc(N)c3ccccc3n2)CC1. The molecular formula is C20H27N5O3. The Kier molecular flexibility index (Phi) is 5.51. The second kappa shape index (κ2) is 7.71. The first kappa shape index (κ1) is 20.0. The van der Waals surface area contributed by atoms with Gasteiger partial charge in [-0.05, 0) is 17.5 Å². The van der Waals surface area contributed by atoms with Crippen molar-refractivity contribution in [2.24, 2.45) is 11.3 Å². The second-order valence-electron chi connectivity index (χ2n) is 8.28. The van der Waals surface area contributed by atoms with Crippen molar-refractivity contribution in [1.82, 2.24) is 19.8 Å². The Morgan fingerprint density at radius 1 is 1.14 bits per heavy atom. The third kappa shape index (κ3) is 4.22. The van der Waals surface area contributed by atoms with Crippen LogP contribution in [0.5, 0.6) is 0 Å². The molecule has 1 aromatic heterocycles. The van der Waals surface area contributed by atoms with Gasteiger partial charge in [-0.3, -0.25) is 14.5 Å². The maximum absolute atomic E-state index is 12.7. The highest BCUT2D eigenvalue weighted by Gasteiger charge is 2.40. The van der Waals surface area contributed by atoms with Gasteiger partial charge < -0.3 is 15.7 Å². The first-order chi connectivity index (χ1) is 13.2. The number of amides is 1. The number of carbonyl (C=O) groups excluding carboxylic acids is 1. The first-order valence-corrected chi connectivity index (χ1v) is 9.42. The Morgan fingerprint density at radius 3 is 2.39 bits per heavy atom. The Balaban J connectivity index is 1.64. The number of fused-ring (bicyclic) bond motifs is 1. The van der Waals surface area contributed by atoms with Gasteiger partial charge in [0, 0.05) is 31.6 Å². The van der Waals surface area contributed by atoms with Crippen molar-refractivity contribution in [1.29, 1.82) is 0 Å². The van der Waals surface area contributed by atoms with E-state index in [1.54, 1.807) is 25.7 Å². The standard InChI is InChI=1S/C20H27N5O3/c1-20(2,3)16(19(27)28)18(26)25-10-8-24(9-11-25)12-15-22-14-7-5-4-6-13(14)17(21)23-15/h4-7,16H,8-12H2,1-3H3,(H,27,28)(H2,21,22,23). The zero-order valence-corrected chi connectivity index (χ0v) is 16.6. The average molecular weight is 385 g/mol. The van der Waals surface area contributed by atoms with E-state index in [4.69, 9.17) is 5.73 Å². The summed E-state index contributed by atoms with van der Waals surface area (Å²) in [4.78, 5) is 37.1. The van der Waals surface area contributed by atoms with E-state index < -0.39 is 17.3 Å². The summed E-state index contributed by atoms with van der Waals surface area (Å²) < 4.78 is 0. The van der Waals surface area contributed by atoms with E-state index in [-0.39, 0.29) is 5.91 Å². The molecule has 150 valence electrons. The van der Waals surface area contributed by atoms with Crippen LogP contribution in [0.15, 0.2) is 24.3 Å². The maximum Gasteiger partial charge on any atom is 0.316 e. The number of rotatable bonds is 4. The summed E-state index contributed by atoms with van der Waals surface area (Å²) >= 11 is 0. The molecule has 1 fully saturated rings. The van der Waals surface area contributed by atoms with Crippen LogP contribution in [0, 0.1) is 11.3 Å². The van der Waals surface area contributed by atoms with Gasteiger partial charge in [-0.15, -0.1) is 0 Å². The van der Waals surface area contributed by atoms with E-state index in [0.29, 0.717) is 44.4 Å². The highest BCUT2D eigenvalue weighted by molar-refractivity contribution is 5.97. The number of hydrogen-bond acceptors (Lipinski definition) is 6. The number of hydrogen-bond donors (Lipinski definition) is 2. The molecular weight excluding hydrogens is 358 g/mol. The average Bonchev–Trinajstić information content (AvgIpc) is 2.61. The molecule has 1 saturated heterocycles. The van der Waals surface area contributed by atoms with Crippen LogP contribution < -0.4 is 5.73 Å². The number of nitrogens with zero attached hydrogens (tertiary/aromatic N) is 4. The predicted molar refractivity (Wildman–Crippen MR) is 106 cm³/mol. The number of benzene rings is 1. The molecule has 1 amide bonds. The summed E-state index contributed by atoms with van der Waals surface area (Å²) in [6, 6.07) is 7.62. The van der Waals surface area contributed by atoms with E-state index in [1.165, 1.54) is 0 Å². The van der Waals surface area contributed by atoms with E-state index >= 15 is 0 Å². The van der Waals surface area contributed by atoms with Crippen LogP contribution in [0.25, 0.3) is 10.9 Å². The van der Waals surface area contributed by atoms with Crippen LogP contribution in [-0.2, 0) is 16.1 Å². The van der Waals surface area contributed by atoms with Crippen LogP contribution in [0.1, 0.15) is 26.6 Å². The van der Waals surface area contributed by atoms with Crippen molar-refractivity contribution >= 4 is 28.6 Å². The normalized spacial score (nSPS) is 16.9. The predicted octanol–water partition coefficient (Wildman–Crippen LogP) is 1.60. The van der Waals surface area contributed by atoms with Crippen molar-refractivity contribution in [3.8, 4) is 0 Å². The summed E-state index contributed by atoms with van der Waals surface area (Å²) in [5.41, 5.74) is 6.23. The quantitative estimate of drug-likeness (QED) is 0.769. The minimum atomic E-state index is -1.07. The Hall–Kier alpha value is -2.74. The van der Waals surface area contributed by atoms with Gasteiger partial charge in [0.15, 0.2) is 0 Å². The van der Waals surface area contributed by atoms with Gasteiger partial charge in [0.25, 0.3) is 0 Å². The summed E-state index contributed by atoms with van der Waals surface area (Å²) in [6.45, 7) is 8.13. The molecule has 28 heavy (non-hydrogen) atoms. The molecule has 1 atom stereocenters. The van der Waals surface area contributed by atoms with E-state index in [0.717, 1.165) is 10.9 Å². The molecule has 2 heterocycles. The maximum atomic E-state index is 12.7. The molecule has 3 rings (SSSR count). The van der Waals surface area contributed by atoms with Crippen LogP contribution in [0.2, 0.25) is 0 Å². The fraction of sp³-hybridized carbons (Fsp3) is 0.500. The van der Waals surface area contributed by atoms with E-state index in [1.807, 2.05) is 24.3 Å². The number of nitrogen functional groups attached to an aromatic ring is 1. The molecule has 0 bridgehead atoms. The fourth-order valence-corrected chi connectivity index (χ4v) is 3.58. The van der Waals surface area contributed by atoms with Crippen molar-refractivity contribution < 1.29 is 14.7 Å².